The number of rotatable bonds is 1. The lowest BCUT2D eigenvalue weighted by Gasteiger charge is -2.21. The molecule has 2 aliphatic heterocycles. The molecule has 6 nitrogen and oxygen atoms in total. The van der Waals surface area contributed by atoms with Crippen molar-refractivity contribution in [1.29, 1.82) is 0 Å². The topological polar surface area (TPSA) is 67.4 Å². The lowest BCUT2D eigenvalue weighted by molar-refractivity contribution is -0.128. The summed E-state index contributed by atoms with van der Waals surface area (Å²) in [7, 11) is 0. The van der Waals surface area contributed by atoms with Crippen LogP contribution < -0.4 is 15.0 Å². The highest BCUT2D eigenvalue weighted by atomic mass is 32.1. The van der Waals surface area contributed by atoms with Crippen molar-refractivity contribution in [2.45, 2.75) is 12.7 Å². The fourth-order valence-corrected chi connectivity index (χ4v) is 3.88. The molecule has 150 valence electrons. The van der Waals surface area contributed by atoms with Gasteiger partial charge in [-0.05, 0) is 30.2 Å². The highest BCUT2D eigenvalue weighted by molar-refractivity contribution is 7.17. The molecule has 0 fully saturated rings. The van der Waals surface area contributed by atoms with Crippen molar-refractivity contribution in [3.05, 3.63) is 54.4 Å². The third kappa shape index (κ3) is 4.16. The van der Waals surface area contributed by atoms with Gasteiger partial charge in [0.2, 0.25) is 5.06 Å². The summed E-state index contributed by atoms with van der Waals surface area (Å²) in [5, 5.41) is 4.14. The van der Waals surface area contributed by atoms with Gasteiger partial charge in [-0.3, -0.25) is 14.7 Å². The molecule has 10 heteroatoms. The first-order valence-corrected chi connectivity index (χ1v) is 9.49. The Bertz CT molecular complexity index is 1020. The van der Waals surface area contributed by atoms with E-state index < -0.39 is 6.30 Å². The average molecular weight is 420 g/mol. The van der Waals surface area contributed by atoms with E-state index in [1.54, 1.807) is 30.6 Å². The number of ether oxygens (including phenoxy) is 1. The molecule has 0 unspecified atom stereocenters. The summed E-state index contributed by atoms with van der Waals surface area (Å²) in [5.41, 5.74) is 2.04. The molecule has 1 N–H and O–H groups in total. The van der Waals surface area contributed by atoms with Gasteiger partial charge in [-0.1, -0.05) is 29.5 Å². The van der Waals surface area contributed by atoms with Crippen LogP contribution in [0.4, 0.5) is 24.7 Å². The molecule has 1 amide bonds. The van der Waals surface area contributed by atoms with E-state index in [2.05, 4.69) is 15.3 Å². The Kier molecular flexibility index (Phi) is 5.10. The van der Waals surface area contributed by atoms with Crippen LogP contribution in [0.25, 0.3) is 10.6 Å². The minimum Gasteiger partial charge on any atom is -0.471 e. The van der Waals surface area contributed by atoms with Gasteiger partial charge in [0.15, 0.2) is 12.4 Å². The molecule has 2 aromatic heterocycles. The van der Waals surface area contributed by atoms with Crippen LogP contribution in [0.1, 0.15) is 5.56 Å². The van der Waals surface area contributed by atoms with Crippen LogP contribution in [0.2, 0.25) is 0 Å². The molecular weight excluding hydrogens is 405 g/mol. The molecule has 0 saturated carbocycles. The second-order valence-corrected chi connectivity index (χ2v) is 7.19. The molecule has 0 radical (unpaired) electrons. The van der Waals surface area contributed by atoms with E-state index in [0.717, 1.165) is 16.1 Å². The molecule has 1 aromatic carbocycles. The Morgan fingerprint density at radius 3 is 2.66 bits per heavy atom. The summed E-state index contributed by atoms with van der Waals surface area (Å²) in [6, 6.07) is 10.4. The van der Waals surface area contributed by atoms with Gasteiger partial charge in [0, 0.05) is 30.2 Å². The Balaban J connectivity index is 0.000000145. The number of hydrogen-bond donors (Lipinski definition) is 1. The number of carbonyl (C=O) groups is 1. The van der Waals surface area contributed by atoms with Gasteiger partial charge in [0.1, 0.15) is 5.01 Å². The fraction of sp³-hybridized carbons (Fsp3) is 0.211. The van der Waals surface area contributed by atoms with Crippen LogP contribution in [0, 0.1) is 0 Å². The van der Waals surface area contributed by atoms with E-state index in [-0.39, 0.29) is 19.1 Å². The van der Waals surface area contributed by atoms with Crippen LogP contribution in [-0.4, -0.2) is 35.3 Å². The maximum atomic E-state index is 12.4. The zero-order valence-corrected chi connectivity index (χ0v) is 15.8. The minimum absolute atomic E-state index is 0.0445. The molecule has 2 aliphatic rings. The predicted molar refractivity (Wildman–Crippen MR) is 103 cm³/mol. The Morgan fingerprint density at radius 2 is 1.90 bits per heavy atom. The van der Waals surface area contributed by atoms with Gasteiger partial charge in [0.05, 0.1) is 0 Å². The first-order chi connectivity index (χ1) is 13.9. The zero-order valence-electron chi connectivity index (χ0n) is 14.9. The number of alkyl halides is 3. The number of para-hydroxylation sites is 1. The molecular formula is C19H15F3N4O2S. The molecule has 5 rings (SSSR count). The first-order valence-electron chi connectivity index (χ1n) is 8.68. The number of nitrogens with one attached hydrogen (secondary N) is 1. The molecule has 0 atom stereocenters. The Hall–Kier alpha value is -3.14. The largest absolute Gasteiger partial charge is 0.484 e. The lowest BCUT2D eigenvalue weighted by Crippen LogP contribution is -2.36. The third-order valence-corrected chi connectivity index (χ3v) is 5.33. The highest BCUT2D eigenvalue weighted by Gasteiger charge is 2.40. The number of anilines is 2. The Labute approximate surface area is 168 Å². The van der Waals surface area contributed by atoms with Crippen molar-refractivity contribution in [3.8, 4) is 15.6 Å². The van der Waals surface area contributed by atoms with Crippen molar-refractivity contribution in [2.24, 2.45) is 0 Å². The van der Waals surface area contributed by atoms with Crippen molar-refractivity contribution >= 4 is 28.7 Å². The number of hydrogen-bond acceptors (Lipinski definition) is 6. The molecule has 29 heavy (non-hydrogen) atoms. The number of nitrogens with zero attached hydrogens (tertiary/aromatic N) is 3. The van der Waals surface area contributed by atoms with E-state index >= 15 is 0 Å². The molecule has 3 aromatic rings. The molecule has 0 bridgehead atoms. The number of amides is 1. The number of fused-ring (bicyclic) bond motifs is 2. The molecule has 0 saturated heterocycles. The van der Waals surface area contributed by atoms with Gasteiger partial charge >= 0.3 is 6.30 Å². The van der Waals surface area contributed by atoms with E-state index in [9.17, 15) is 18.0 Å². The summed E-state index contributed by atoms with van der Waals surface area (Å²) in [5.74, 6) is 0.340. The Morgan fingerprint density at radius 1 is 1.14 bits per heavy atom. The van der Waals surface area contributed by atoms with E-state index in [0.29, 0.717) is 27.9 Å². The first kappa shape index (κ1) is 19.2. The smallest absolute Gasteiger partial charge is 0.471 e. The number of benzene rings is 1. The zero-order chi connectivity index (χ0) is 20.4. The van der Waals surface area contributed by atoms with Crippen molar-refractivity contribution in [1.82, 2.24) is 9.97 Å². The highest BCUT2D eigenvalue weighted by Crippen LogP contribution is 2.38. The van der Waals surface area contributed by atoms with Gasteiger partial charge in [0.25, 0.3) is 5.91 Å². The number of halogens is 3. The van der Waals surface area contributed by atoms with Crippen LogP contribution in [0.3, 0.4) is 0 Å². The van der Waals surface area contributed by atoms with Crippen molar-refractivity contribution in [3.63, 3.8) is 0 Å². The van der Waals surface area contributed by atoms with Crippen LogP contribution in [0.5, 0.6) is 5.06 Å². The standard InChI is InChI=1S/C10H7N3O2S.C9H8F3N/c14-7-5-15-10-8(12-7)13-9(16-10)6-1-3-11-4-2-6;10-9(11,12)13-6-5-7-3-1-2-4-8(7)13/h1-4H,5H2,(H,12,14);1-4H,5-6H2. The maximum Gasteiger partial charge on any atom is 0.484 e. The minimum atomic E-state index is -4.24. The van der Waals surface area contributed by atoms with Crippen LogP contribution >= 0.6 is 11.3 Å². The number of pyridine rings is 1. The second-order valence-electron chi connectivity index (χ2n) is 6.23. The fourth-order valence-electron chi connectivity index (χ4n) is 3.00. The summed E-state index contributed by atoms with van der Waals surface area (Å²) < 4.78 is 42.4. The van der Waals surface area contributed by atoms with Crippen LogP contribution in [-0.2, 0) is 11.2 Å². The quantitative estimate of drug-likeness (QED) is 0.601. The van der Waals surface area contributed by atoms with Gasteiger partial charge in [-0.15, -0.1) is 0 Å². The summed E-state index contributed by atoms with van der Waals surface area (Å²) in [4.78, 5) is 19.8. The maximum absolute atomic E-state index is 12.4. The third-order valence-electron chi connectivity index (χ3n) is 4.31. The number of thiazole rings is 1. The van der Waals surface area contributed by atoms with Gasteiger partial charge in [-0.25, -0.2) is 4.98 Å². The average Bonchev–Trinajstić information content (AvgIpc) is 3.33. The molecule has 0 spiro atoms. The van der Waals surface area contributed by atoms with Crippen LogP contribution in [0.15, 0.2) is 48.8 Å². The van der Waals surface area contributed by atoms with Crippen molar-refractivity contribution in [2.75, 3.05) is 23.4 Å². The number of carbonyl (C=O) groups excluding carboxylic acids is 1. The predicted octanol–water partition coefficient (Wildman–Crippen LogP) is 4.10. The van der Waals surface area contributed by atoms with Crippen molar-refractivity contribution < 1.29 is 22.7 Å². The normalized spacial score (nSPS) is 14.9. The van der Waals surface area contributed by atoms with E-state index in [1.807, 2.05) is 12.1 Å². The van der Waals surface area contributed by atoms with Gasteiger partial charge < -0.3 is 10.1 Å². The monoisotopic (exact) mass is 420 g/mol. The van der Waals surface area contributed by atoms with Gasteiger partial charge in [-0.2, -0.15) is 13.2 Å². The summed E-state index contributed by atoms with van der Waals surface area (Å²) in [6.45, 7) is 0.105. The summed E-state index contributed by atoms with van der Waals surface area (Å²) in [6.07, 6.45) is -0.355. The summed E-state index contributed by atoms with van der Waals surface area (Å²) >= 11 is 1.41. The molecule has 4 heterocycles. The number of aromatic nitrogens is 2. The second kappa shape index (κ2) is 7.70. The SMILES string of the molecule is FC(F)(F)N1CCc2ccccc21.O=C1COc2sc(-c3ccncc3)nc2N1. The molecule has 0 aliphatic carbocycles. The van der Waals surface area contributed by atoms with E-state index in [4.69, 9.17) is 4.74 Å². The van der Waals surface area contributed by atoms with E-state index in [1.165, 1.54) is 17.4 Å². The lowest BCUT2D eigenvalue weighted by atomic mass is 10.2.